The van der Waals surface area contributed by atoms with Crippen LogP contribution in [0.4, 0.5) is 5.69 Å². The fourth-order valence-corrected chi connectivity index (χ4v) is 5.93. The molecule has 220 valence electrons. The van der Waals surface area contributed by atoms with Crippen molar-refractivity contribution in [3.63, 3.8) is 0 Å². The Hall–Kier alpha value is -3.85. The lowest BCUT2D eigenvalue weighted by Crippen LogP contribution is -2.52. The van der Waals surface area contributed by atoms with Gasteiger partial charge in [0.2, 0.25) is 11.8 Å². The summed E-state index contributed by atoms with van der Waals surface area (Å²) in [6, 6.07) is 21.7. The fraction of sp³-hybridized carbons (Fsp3) is 0.375. The first kappa shape index (κ1) is 31.7. The molecule has 3 aromatic rings. The van der Waals surface area contributed by atoms with Crippen molar-refractivity contribution in [3.8, 4) is 5.75 Å². The molecule has 8 nitrogen and oxygen atoms in total. The number of benzene rings is 3. The number of methoxy groups -OCH3 is 1. The van der Waals surface area contributed by atoms with Crippen LogP contribution in [0, 0.1) is 0 Å². The summed E-state index contributed by atoms with van der Waals surface area (Å²) in [6.07, 6.45) is 2.92. The van der Waals surface area contributed by atoms with Crippen LogP contribution in [0.3, 0.4) is 0 Å². The van der Waals surface area contributed by atoms with Gasteiger partial charge in [-0.1, -0.05) is 69.7 Å². The molecule has 0 spiro atoms. The first-order chi connectivity index (χ1) is 19.7. The molecular formula is C32H41N3O5S. The minimum atomic E-state index is -4.09. The lowest BCUT2D eigenvalue weighted by atomic mass is 10.1. The molecule has 0 fully saturated rings. The van der Waals surface area contributed by atoms with E-state index in [1.165, 1.54) is 17.0 Å². The number of carbonyl (C=O) groups excluding carboxylic acids is 2. The van der Waals surface area contributed by atoms with Crippen molar-refractivity contribution in [3.05, 3.63) is 90.0 Å². The summed E-state index contributed by atoms with van der Waals surface area (Å²) in [6.45, 7) is 6.09. The Morgan fingerprint density at radius 2 is 1.51 bits per heavy atom. The van der Waals surface area contributed by atoms with E-state index >= 15 is 0 Å². The van der Waals surface area contributed by atoms with E-state index < -0.39 is 28.5 Å². The molecular weight excluding hydrogens is 538 g/mol. The van der Waals surface area contributed by atoms with Crippen LogP contribution >= 0.6 is 0 Å². The van der Waals surface area contributed by atoms with E-state index in [2.05, 4.69) is 5.32 Å². The number of rotatable bonds is 15. The molecule has 1 atom stereocenters. The molecule has 41 heavy (non-hydrogen) atoms. The zero-order valence-electron chi connectivity index (χ0n) is 24.4. The van der Waals surface area contributed by atoms with Gasteiger partial charge in [-0.15, -0.1) is 0 Å². The van der Waals surface area contributed by atoms with Gasteiger partial charge in [-0.3, -0.25) is 13.9 Å². The molecule has 0 bridgehead atoms. The van der Waals surface area contributed by atoms with Gasteiger partial charge >= 0.3 is 0 Å². The number of nitrogens with one attached hydrogen (secondary N) is 1. The van der Waals surface area contributed by atoms with Crippen LogP contribution in [0.2, 0.25) is 0 Å². The van der Waals surface area contributed by atoms with E-state index in [4.69, 9.17) is 4.74 Å². The minimum absolute atomic E-state index is 0.0819. The first-order valence-corrected chi connectivity index (χ1v) is 15.6. The van der Waals surface area contributed by atoms with Gasteiger partial charge in [0.05, 0.1) is 17.7 Å². The molecule has 1 N–H and O–H groups in total. The number of anilines is 1. The zero-order valence-corrected chi connectivity index (χ0v) is 25.2. The number of sulfonamides is 1. The Bertz CT molecular complexity index is 1360. The van der Waals surface area contributed by atoms with Gasteiger partial charge in [0.15, 0.2) is 0 Å². The van der Waals surface area contributed by atoms with Gasteiger partial charge in [-0.25, -0.2) is 8.42 Å². The van der Waals surface area contributed by atoms with E-state index in [1.807, 2.05) is 45.0 Å². The van der Waals surface area contributed by atoms with Crippen LogP contribution in [0.1, 0.15) is 51.2 Å². The third-order valence-corrected chi connectivity index (χ3v) is 8.76. The van der Waals surface area contributed by atoms with Crippen LogP contribution < -0.4 is 14.4 Å². The van der Waals surface area contributed by atoms with Crippen LogP contribution in [-0.2, 0) is 32.6 Å². The van der Waals surface area contributed by atoms with Gasteiger partial charge < -0.3 is 15.0 Å². The highest BCUT2D eigenvalue weighted by Crippen LogP contribution is 2.25. The topological polar surface area (TPSA) is 96.0 Å². The number of hydrogen-bond acceptors (Lipinski definition) is 5. The second-order valence-electron chi connectivity index (χ2n) is 9.78. The molecule has 0 aliphatic carbocycles. The van der Waals surface area contributed by atoms with Crippen molar-refractivity contribution in [1.82, 2.24) is 10.2 Å². The lowest BCUT2D eigenvalue weighted by molar-refractivity contribution is -0.140. The Morgan fingerprint density at radius 1 is 0.878 bits per heavy atom. The molecule has 0 radical (unpaired) electrons. The smallest absolute Gasteiger partial charge is 0.264 e. The van der Waals surface area contributed by atoms with Gasteiger partial charge in [-0.2, -0.15) is 0 Å². The average molecular weight is 580 g/mol. The van der Waals surface area contributed by atoms with Crippen molar-refractivity contribution in [2.24, 2.45) is 0 Å². The Balaban J connectivity index is 2.02. The summed E-state index contributed by atoms with van der Waals surface area (Å²) in [7, 11) is -2.51. The van der Waals surface area contributed by atoms with E-state index in [-0.39, 0.29) is 17.3 Å². The van der Waals surface area contributed by atoms with Gasteiger partial charge in [-0.05, 0) is 66.8 Å². The predicted molar refractivity (Wildman–Crippen MR) is 162 cm³/mol. The number of aryl methyl sites for hydroxylation is 1. The van der Waals surface area contributed by atoms with Crippen molar-refractivity contribution in [2.75, 3.05) is 24.5 Å². The Labute approximate surface area is 244 Å². The third-order valence-electron chi connectivity index (χ3n) is 6.97. The first-order valence-electron chi connectivity index (χ1n) is 14.1. The maximum Gasteiger partial charge on any atom is 0.264 e. The molecule has 0 saturated carbocycles. The van der Waals surface area contributed by atoms with Gasteiger partial charge in [0.25, 0.3) is 10.0 Å². The molecule has 0 aliphatic heterocycles. The second kappa shape index (κ2) is 15.2. The summed E-state index contributed by atoms with van der Waals surface area (Å²) in [5.74, 6) is -0.0587. The van der Waals surface area contributed by atoms with E-state index in [0.717, 1.165) is 34.7 Å². The highest BCUT2D eigenvalue weighted by molar-refractivity contribution is 7.92. The predicted octanol–water partition coefficient (Wildman–Crippen LogP) is 5.18. The van der Waals surface area contributed by atoms with Crippen molar-refractivity contribution >= 4 is 27.5 Å². The number of ether oxygens (including phenoxy) is 1. The molecule has 0 aromatic heterocycles. The van der Waals surface area contributed by atoms with Crippen molar-refractivity contribution in [1.29, 1.82) is 0 Å². The molecule has 0 saturated heterocycles. The SMILES string of the molecule is CCCCNC(=O)[C@H](CC)N(Cc1ccc(OC)cc1)C(=O)CN(c1ccc(CC)cc1)S(=O)(=O)c1ccccc1. The monoisotopic (exact) mass is 579 g/mol. The van der Waals surface area contributed by atoms with Gasteiger partial charge in [0, 0.05) is 13.1 Å². The lowest BCUT2D eigenvalue weighted by Gasteiger charge is -2.33. The molecule has 9 heteroatoms. The maximum absolute atomic E-state index is 14.1. The summed E-state index contributed by atoms with van der Waals surface area (Å²) >= 11 is 0. The third kappa shape index (κ3) is 8.33. The quantitative estimate of drug-likeness (QED) is 0.251. The normalized spacial score (nSPS) is 11.9. The zero-order chi connectivity index (χ0) is 29.8. The van der Waals surface area contributed by atoms with Crippen LogP contribution in [-0.4, -0.2) is 51.4 Å². The van der Waals surface area contributed by atoms with Crippen LogP contribution in [0.25, 0.3) is 0 Å². The Morgan fingerprint density at radius 3 is 2.07 bits per heavy atom. The molecule has 3 aromatic carbocycles. The summed E-state index contributed by atoms with van der Waals surface area (Å²) in [4.78, 5) is 28.9. The highest BCUT2D eigenvalue weighted by atomic mass is 32.2. The fourth-order valence-electron chi connectivity index (χ4n) is 4.50. The summed E-state index contributed by atoms with van der Waals surface area (Å²) in [5.41, 5.74) is 2.22. The molecule has 0 heterocycles. The summed E-state index contributed by atoms with van der Waals surface area (Å²) in [5, 5.41) is 2.94. The molecule has 0 unspecified atom stereocenters. The number of unbranched alkanes of at least 4 members (excludes halogenated alkanes) is 1. The van der Waals surface area contributed by atoms with E-state index in [9.17, 15) is 18.0 Å². The van der Waals surface area contributed by atoms with Crippen LogP contribution in [0.15, 0.2) is 83.8 Å². The minimum Gasteiger partial charge on any atom is -0.497 e. The average Bonchev–Trinajstić information content (AvgIpc) is 3.00. The number of carbonyl (C=O) groups is 2. The maximum atomic E-state index is 14.1. The largest absolute Gasteiger partial charge is 0.497 e. The van der Waals surface area contributed by atoms with Crippen molar-refractivity contribution in [2.45, 2.75) is 63.9 Å². The number of amides is 2. The number of nitrogens with zero attached hydrogens (tertiary/aromatic N) is 2. The van der Waals surface area contributed by atoms with E-state index in [1.54, 1.807) is 49.6 Å². The summed E-state index contributed by atoms with van der Waals surface area (Å²) < 4.78 is 34.2. The van der Waals surface area contributed by atoms with Crippen molar-refractivity contribution < 1.29 is 22.7 Å². The van der Waals surface area contributed by atoms with E-state index in [0.29, 0.717) is 24.4 Å². The molecule has 2 amide bonds. The second-order valence-corrected chi connectivity index (χ2v) is 11.6. The Kier molecular flexibility index (Phi) is 11.8. The molecule has 3 rings (SSSR count). The molecule has 0 aliphatic rings. The van der Waals surface area contributed by atoms with Crippen LogP contribution in [0.5, 0.6) is 5.75 Å². The standard InChI is InChI=1S/C32H41N3O5S/c1-5-8-22-33-32(37)30(7-3)34(23-26-16-20-28(40-4)21-17-26)31(36)24-35(27-18-14-25(6-2)15-19-27)41(38,39)29-12-10-9-11-13-29/h9-21,30H,5-8,22-24H2,1-4H3,(H,33,37)/t30-/m0/s1. The number of hydrogen-bond donors (Lipinski definition) is 1. The highest BCUT2D eigenvalue weighted by Gasteiger charge is 2.33. The van der Waals surface area contributed by atoms with Gasteiger partial charge in [0.1, 0.15) is 18.3 Å².